The van der Waals surface area contributed by atoms with Crippen LogP contribution >= 0.6 is 11.3 Å². The van der Waals surface area contributed by atoms with Crippen LogP contribution in [0, 0.1) is 0 Å². The highest BCUT2D eigenvalue weighted by atomic mass is 32.2. The number of rotatable bonds is 7. The maximum atomic E-state index is 12.3. The number of ether oxygens (including phenoxy) is 1. The summed E-state index contributed by atoms with van der Waals surface area (Å²) < 4.78 is 32.7. The van der Waals surface area contributed by atoms with Crippen LogP contribution in [0.15, 0.2) is 40.6 Å². The van der Waals surface area contributed by atoms with Crippen molar-refractivity contribution in [3.05, 3.63) is 46.8 Å². The smallest absolute Gasteiger partial charge is 0.250 e. The van der Waals surface area contributed by atoms with Crippen molar-refractivity contribution in [3.8, 4) is 5.75 Å². The first-order valence-corrected chi connectivity index (χ1v) is 8.71. The summed E-state index contributed by atoms with van der Waals surface area (Å²) in [5, 5.41) is 3.00. The summed E-state index contributed by atoms with van der Waals surface area (Å²) in [4.78, 5) is 0.982. The van der Waals surface area contributed by atoms with Gasteiger partial charge in [-0.2, -0.15) is 0 Å². The second-order valence-electron chi connectivity index (χ2n) is 4.39. The molecule has 1 aromatic carbocycles. The SMILES string of the molecule is CNCc1ccc(S(=O)(=O)NCc2ccccc2OC)s1. The van der Waals surface area contributed by atoms with Gasteiger partial charge in [-0.25, -0.2) is 13.1 Å². The van der Waals surface area contributed by atoms with Gasteiger partial charge in [-0.3, -0.25) is 0 Å². The van der Waals surface area contributed by atoms with Crippen molar-refractivity contribution in [1.29, 1.82) is 0 Å². The monoisotopic (exact) mass is 326 g/mol. The Balaban J connectivity index is 2.10. The lowest BCUT2D eigenvalue weighted by Crippen LogP contribution is -2.22. The van der Waals surface area contributed by atoms with Crippen LogP contribution in [-0.2, 0) is 23.1 Å². The Hall–Kier alpha value is -1.41. The number of para-hydroxylation sites is 1. The zero-order valence-electron chi connectivity index (χ0n) is 11.9. The summed E-state index contributed by atoms with van der Waals surface area (Å²) in [5.74, 6) is 0.669. The quantitative estimate of drug-likeness (QED) is 0.816. The molecule has 0 saturated carbocycles. The first kappa shape index (κ1) is 16.0. The molecule has 0 saturated heterocycles. The fourth-order valence-corrected chi connectivity index (χ4v) is 4.28. The maximum absolute atomic E-state index is 12.3. The Kier molecular flexibility index (Phi) is 5.35. The van der Waals surface area contributed by atoms with Crippen molar-refractivity contribution in [2.45, 2.75) is 17.3 Å². The molecule has 1 aromatic heterocycles. The van der Waals surface area contributed by atoms with E-state index in [1.165, 1.54) is 11.3 Å². The number of hydrogen-bond donors (Lipinski definition) is 2. The van der Waals surface area contributed by atoms with Crippen LogP contribution in [-0.4, -0.2) is 22.6 Å². The highest BCUT2D eigenvalue weighted by Crippen LogP contribution is 2.22. The lowest BCUT2D eigenvalue weighted by molar-refractivity contribution is 0.409. The summed E-state index contributed by atoms with van der Waals surface area (Å²) in [6.07, 6.45) is 0. The van der Waals surface area contributed by atoms with E-state index in [9.17, 15) is 8.42 Å². The molecule has 0 aliphatic rings. The van der Waals surface area contributed by atoms with E-state index in [1.54, 1.807) is 19.2 Å². The third kappa shape index (κ3) is 4.04. The van der Waals surface area contributed by atoms with Crippen molar-refractivity contribution in [2.75, 3.05) is 14.2 Å². The van der Waals surface area contributed by atoms with Gasteiger partial charge in [0.15, 0.2) is 0 Å². The third-order valence-corrected chi connectivity index (χ3v) is 5.88. The van der Waals surface area contributed by atoms with E-state index in [1.807, 2.05) is 31.3 Å². The zero-order valence-corrected chi connectivity index (χ0v) is 13.6. The van der Waals surface area contributed by atoms with E-state index < -0.39 is 10.0 Å². The van der Waals surface area contributed by atoms with E-state index >= 15 is 0 Å². The Bertz CT molecular complexity index is 696. The summed E-state index contributed by atoms with van der Waals surface area (Å²) in [6.45, 7) is 0.859. The number of sulfonamides is 1. The molecule has 1 heterocycles. The minimum Gasteiger partial charge on any atom is -0.496 e. The minimum atomic E-state index is -3.50. The molecule has 0 radical (unpaired) electrons. The Morgan fingerprint density at radius 1 is 1.14 bits per heavy atom. The standard InChI is InChI=1S/C14H18N2O3S2/c1-15-10-12-7-8-14(20-12)21(17,18)16-9-11-5-3-4-6-13(11)19-2/h3-8,15-16H,9-10H2,1-2H3. The predicted octanol–water partition coefficient (Wildman–Crippen LogP) is 1.95. The fourth-order valence-electron chi connectivity index (χ4n) is 1.86. The van der Waals surface area contributed by atoms with E-state index in [4.69, 9.17) is 4.74 Å². The van der Waals surface area contributed by atoms with E-state index in [2.05, 4.69) is 10.0 Å². The topological polar surface area (TPSA) is 67.4 Å². The predicted molar refractivity (Wildman–Crippen MR) is 84.1 cm³/mol. The molecule has 21 heavy (non-hydrogen) atoms. The van der Waals surface area contributed by atoms with Gasteiger partial charge in [0.25, 0.3) is 0 Å². The van der Waals surface area contributed by atoms with Crippen LogP contribution < -0.4 is 14.8 Å². The number of hydrogen-bond acceptors (Lipinski definition) is 5. The van der Waals surface area contributed by atoms with Gasteiger partial charge in [0.1, 0.15) is 9.96 Å². The average Bonchev–Trinajstić information content (AvgIpc) is 2.95. The number of methoxy groups -OCH3 is 1. The van der Waals surface area contributed by atoms with Crippen LogP contribution in [0.5, 0.6) is 5.75 Å². The Morgan fingerprint density at radius 3 is 2.62 bits per heavy atom. The lowest BCUT2D eigenvalue weighted by atomic mass is 10.2. The third-order valence-electron chi connectivity index (χ3n) is 2.90. The first-order valence-electron chi connectivity index (χ1n) is 6.41. The minimum absolute atomic E-state index is 0.200. The molecule has 0 atom stereocenters. The molecular formula is C14H18N2O3S2. The van der Waals surface area contributed by atoms with Gasteiger partial charge in [0.05, 0.1) is 7.11 Å². The van der Waals surface area contributed by atoms with Gasteiger partial charge >= 0.3 is 0 Å². The van der Waals surface area contributed by atoms with Gasteiger partial charge in [-0.1, -0.05) is 18.2 Å². The molecule has 0 bridgehead atoms. The normalized spacial score (nSPS) is 11.5. The summed E-state index contributed by atoms with van der Waals surface area (Å²) in [5.41, 5.74) is 0.801. The van der Waals surface area contributed by atoms with Gasteiger partial charge in [0.2, 0.25) is 10.0 Å². The van der Waals surface area contributed by atoms with Crippen molar-refractivity contribution in [3.63, 3.8) is 0 Å². The largest absolute Gasteiger partial charge is 0.496 e. The summed E-state index contributed by atoms with van der Waals surface area (Å²) >= 11 is 1.27. The highest BCUT2D eigenvalue weighted by molar-refractivity contribution is 7.91. The van der Waals surface area contributed by atoms with Crippen molar-refractivity contribution in [2.24, 2.45) is 0 Å². The van der Waals surface area contributed by atoms with Crippen molar-refractivity contribution >= 4 is 21.4 Å². The molecule has 114 valence electrons. The van der Waals surface area contributed by atoms with Crippen molar-refractivity contribution in [1.82, 2.24) is 10.0 Å². The maximum Gasteiger partial charge on any atom is 0.250 e. The van der Waals surface area contributed by atoms with E-state index in [0.29, 0.717) is 16.5 Å². The second kappa shape index (κ2) is 7.04. The molecule has 5 nitrogen and oxygen atoms in total. The second-order valence-corrected chi connectivity index (χ2v) is 7.55. The Morgan fingerprint density at radius 2 is 1.90 bits per heavy atom. The molecule has 0 unspecified atom stereocenters. The molecule has 0 fully saturated rings. The number of nitrogens with one attached hydrogen (secondary N) is 2. The van der Waals surface area contributed by atoms with Crippen LogP contribution in [0.25, 0.3) is 0 Å². The van der Waals surface area contributed by atoms with Crippen LogP contribution in [0.4, 0.5) is 0 Å². The van der Waals surface area contributed by atoms with Crippen LogP contribution in [0.3, 0.4) is 0 Å². The molecule has 7 heteroatoms. The first-order chi connectivity index (χ1) is 10.1. The van der Waals surface area contributed by atoms with Crippen LogP contribution in [0.2, 0.25) is 0 Å². The number of benzene rings is 1. The average molecular weight is 326 g/mol. The molecule has 2 N–H and O–H groups in total. The van der Waals surface area contributed by atoms with Gasteiger partial charge in [0, 0.05) is 23.5 Å². The molecule has 0 spiro atoms. The Labute approximate surface area is 129 Å². The van der Waals surface area contributed by atoms with Gasteiger partial charge < -0.3 is 10.1 Å². The number of thiophene rings is 1. The van der Waals surface area contributed by atoms with E-state index in [0.717, 1.165) is 10.4 Å². The summed E-state index contributed by atoms with van der Waals surface area (Å²) in [6, 6.07) is 10.8. The molecule has 2 rings (SSSR count). The molecule has 0 aliphatic heterocycles. The zero-order chi connectivity index (χ0) is 15.3. The van der Waals surface area contributed by atoms with Gasteiger partial charge in [-0.15, -0.1) is 11.3 Å². The van der Waals surface area contributed by atoms with E-state index in [-0.39, 0.29) is 6.54 Å². The molecule has 0 aliphatic carbocycles. The van der Waals surface area contributed by atoms with Crippen molar-refractivity contribution < 1.29 is 13.2 Å². The fraction of sp³-hybridized carbons (Fsp3) is 0.286. The summed E-state index contributed by atoms with van der Waals surface area (Å²) in [7, 11) is -0.102. The highest BCUT2D eigenvalue weighted by Gasteiger charge is 2.17. The molecule has 0 amide bonds. The lowest BCUT2D eigenvalue weighted by Gasteiger charge is -2.09. The molecule has 2 aromatic rings. The van der Waals surface area contributed by atoms with Crippen LogP contribution in [0.1, 0.15) is 10.4 Å². The molecular weight excluding hydrogens is 308 g/mol. The van der Waals surface area contributed by atoms with Gasteiger partial charge in [-0.05, 0) is 25.2 Å².